The van der Waals surface area contributed by atoms with Crippen LogP contribution in [0.3, 0.4) is 0 Å². The summed E-state index contributed by atoms with van der Waals surface area (Å²) in [7, 11) is 0. The van der Waals surface area contributed by atoms with Crippen LogP contribution in [0.15, 0.2) is 29.4 Å². The smallest absolute Gasteiger partial charge is 0.332 e. The number of benzene rings is 1. The second kappa shape index (κ2) is 5.90. The number of amides is 2. The molecule has 0 spiro atoms. The first-order valence-electron chi connectivity index (χ1n) is 4.65. The van der Waals surface area contributed by atoms with Gasteiger partial charge in [0.1, 0.15) is 10.8 Å². The summed E-state index contributed by atoms with van der Waals surface area (Å²) in [6.07, 6.45) is 0. The highest BCUT2D eigenvalue weighted by atomic mass is 32.1. The number of nitrogens with one attached hydrogen (secondary N) is 2. The van der Waals surface area contributed by atoms with Crippen LogP contribution in [0.25, 0.3) is 0 Å². The quantitative estimate of drug-likeness (QED) is 0.435. The molecule has 0 unspecified atom stereocenters. The molecule has 17 heavy (non-hydrogen) atoms. The van der Waals surface area contributed by atoms with Gasteiger partial charge in [0.2, 0.25) is 0 Å². The molecule has 1 aromatic rings. The van der Waals surface area contributed by atoms with E-state index in [9.17, 15) is 9.18 Å². The van der Waals surface area contributed by atoms with E-state index in [1.807, 2.05) is 0 Å². The van der Waals surface area contributed by atoms with Gasteiger partial charge in [-0.15, -0.1) is 0 Å². The third-order valence-electron chi connectivity index (χ3n) is 1.76. The van der Waals surface area contributed by atoms with E-state index < -0.39 is 6.03 Å². The van der Waals surface area contributed by atoms with Crippen molar-refractivity contribution >= 4 is 34.6 Å². The van der Waals surface area contributed by atoms with Gasteiger partial charge in [0, 0.05) is 5.69 Å². The van der Waals surface area contributed by atoms with Gasteiger partial charge in [0.05, 0.1) is 5.71 Å². The lowest BCUT2D eigenvalue weighted by molar-refractivity contribution is 0.249. The van der Waals surface area contributed by atoms with E-state index in [-0.39, 0.29) is 5.82 Å². The van der Waals surface area contributed by atoms with Crippen LogP contribution >= 0.6 is 12.2 Å². The molecule has 7 heteroatoms. The zero-order chi connectivity index (χ0) is 12.8. The highest BCUT2D eigenvalue weighted by Gasteiger charge is 2.02. The minimum atomic E-state index is -0.770. The fourth-order valence-electron chi connectivity index (χ4n) is 0.944. The molecule has 0 saturated carbocycles. The van der Waals surface area contributed by atoms with E-state index in [0.29, 0.717) is 16.4 Å². The van der Waals surface area contributed by atoms with Crippen molar-refractivity contribution in [2.75, 3.05) is 5.32 Å². The fourth-order valence-corrected chi connectivity index (χ4v) is 1.11. The zero-order valence-corrected chi connectivity index (χ0v) is 9.84. The van der Waals surface area contributed by atoms with Crippen LogP contribution in [-0.2, 0) is 0 Å². The van der Waals surface area contributed by atoms with E-state index in [1.165, 1.54) is 24.3 Å². The van der Waals surface area contributed by atoms with Crippen LogP contribution in [-0.4, -0.2) is 16.7 Å². The molecule has 0 saturated heterocycles. The molecular weight excluding hydrogens is 243 g/mol. The summed E-state index contributed by atoms with van der Waals surface area (Å²) in [6, 6.07) is 4.92. The molecule has 90 valence electrons. The topological polar surface area (TPSA) is 79.5 Å². The predicted octanol–water partition coefficient (Wildman–Crippen LogP) is 1.61. The van der Waals surface area contributed by atoms with Crippen molar-refractivity contribution in [3.8, 4) is 0 Å². The average molecular weight is 254 g/mol. The summed E-state index contributed by atoms with van der Waals surface area (Å²) in [6.45, 7) is 1.61. The Labute approximate surface area is 103 Å². The number of rotatable bonds is 3. The normalized spacial score (nSPS) is 10.8. The number of thiocarbonyl (C=S) groups is 1. The number of primary amides is 1. The van der Waals surface area contributed by atoms with Crippen molar-refractivity contribution < 1.29 is 9.18 Å². The molecule has 2 amide bonds. The Hall–Kier alpha value is -2.02. The molecule has 0 aromatic heterocycles. The number of hydrogen-bond acceptors (Lipinski definition) is 3. The minimum Gasteiger partial charge on any atom is -0.350 e. The number of nitrogens with zero attached hydrogens (tertiary/aromatic N) is 1. The Morgan fingerprint density at radius 2 is 2.00 bits per heavy atom. The first-order valence-corrected chi connectivity index (χ1v) is 5.06. The molecule has 0 aliphatic carbocycles. The summed E-state index contributed by atoms with van der Waals surface area (Å²) in [5.74, 6) is -0.331. The summed E-state index contributed by atoms with van der Waals surface area (Å²) in [5.41, 5.74) is 7.93. The Bertz CT molecular complexity index is 458. The predicted molar refractivity (Wildman–Crippen MR) is 68.4 cm³/mol. The zero-order valence-electron chi connectivity index (χ0n) is 9.03. The van der Waals surface area contributed by atoms with Gasteiger partial charge in [-0.1, -0.05) is 12.2 Å². The number of anilines is 1. The number of urea groups is 1. The van der Waals surface area contributed by atoms with Crippen molar-refractivity contribution in [1.82, 2.24) is 5.43 Å². The first-order chi connectivity index (χ1) is 7.99. The average Bonchev–Trinajstić information content (AvgIpc) is 2.28. The Morgan fingerprint density at radius 1 is 1.41 bits per heavy atom. The van der Waals surface area contributed by atoms with E-state index >= 15 is 0 Å². The van der Waals surface area contributed by atoms with Crippen LogP contribution in [0.1, 0.15) is 6.92 Å². The number of carbonyl (C=O) groups is 1. The third kappa shape index (κ3) is 4.56. The first kappa shape index (κ1) is 13.0. The number of hydrazone groups is 1. The SMILES string of the molecule is CC(=NNC(N)=O)C(=S)Nc1ccc(F)cc1. The van der Waals surface area contributed by atoms with Gasteiger partial charge in [0.15, 0.2) is 0 Å². The third-order valence-corrected chi connectivity index (χ3v) is 2.16. The monoisotopic (exact) mass is 254 g/mol. The minimum absolute atomic E-state index is 0.311. The lowest BCUT2D eigenvalue weighted by Gasteiger charge is -2.07. The van der Waals surface area contributed by atoms with Crippen molar-refractivity contribution in [2.24, 2.45) is 10.8 Å². The van der Waals surface area contributed by atoms with Gasteiger partial charge < -0.3 is 11.1 Å². The van der Waals surface area contributed by atoms with E-state index in [0.717, 1.165) is 0 Å². The van der Waals surface area contributed by atoms with E-state index in [2.05, 4.69) is 15.8 Å². The van der Waals surface area contributed by atoms with Gasteiger partial charge in [-0.25, -0.2) is 14.6 Å². The van der Waals surface area contributed by atoms with E-state index in [1.54, 1.807) is 6.92 Å². The van der Waals surface area contributed by atoms with Gasteiger partial charge in [-0.05, 0) is 31.2 Å². The standard InChI is InChI=1S/C10H11FN4OS/c1-6(14-15-10(12)16)9(17)13-8-4-2-7(11)3-5-8/h2-5H,1H3,(H,13,17)(H3,12,15,16). The molecule has 0 bridgehead atoms. The summed E-state index contributed by atoms with van der Waals surface area (Å²) >= 11 is 5.02. The summed E-state index contributed by atoms with van der Waals surface area (Å²) in [5, 5.41) is 6.49. The fraction of sp³-hybridized carbons (Fsp3) is 0.100. The van der Waals surface area contributed by atoms with Crippen LogP contribution in [0.4, 0.5) is 14.9 Å². The number of nitrogens with two attached hydrogens (primary N) is 1. The Balaban J connectivity index is 2.63. The Morgan fingerprint density at radius 3 is 2.53 bits per heavy atom. The molecule has 4 N–H and O–H groups in total. The Kier molecular flexibility index (Phi) is 4.53. The molecule has 0 aliphatic rings. The van der Waals surface area contributed by atoms with Gasteiger partial charge in [-0.2, -0.15) is 5.10 Å². The molecule has 0 radical (unpaired) electrons. The highest BCUT2D eigenvalue weighted by molar-refractivity contribution is 7.82. The molecule has 0 heterocycles. The van der Waals surface area contributed by atoms with Crippen LogP contribution < -0.4 is 16.5 Å². The number of halogens is 1. The lowest BCUT2D eigenvalue weighted by atomic mass is 10.3. The van der Waals surface area contributed by atoms with Crippen molar-refractivity contribution in [3.05, 3.63) is 30.1 Å². The maximum Gasteiger partial charge on any atom is 0.332 e. The van der Waals surface area contributed by atoms with Crippen molar-refractivity contribution in [2.45, 2.75) is 6.92 Å². The molecule has 0 atom stereocenters. The summed E-state index contributed by atoms with van der Waals surface area (Å²) < 4.78 is 12.6. The molecule has 5 nitrogen and oxygen atoms in total. The van der Waals surface area contributed by atoms with Crippen LogP contribution in [0.2, 0.25) is 0 Å². The van der Waals surface area contributed by atoms with E-state index in [4.69, 9.17) is 18.0 Å². The number of hydrogen-bond donors (Lipinski definition) is 3. The van der Waals surface area contributed by atoms with Crippen LogP contribution in [0.5, 0.6) is 0 Å². The molecule has 0 fully saturated rings. The van der Waals surface area contributed by atoms with Crippen LogP contribution in [0, 0.1) is 5.82 Å². The maximum atomic E-state index is 12.6. The molecule has 1 rings (SSSR count). The van der Waals surface area contributed by atoms with Crippen molar-refractivity contribution in [1.29, 1.82) is 0 Å². The van der Waals surface area contributed by atoms with Gasteiger partial charge in [-0.3, -0.25) is 0 Å². The largest absolute Gasteiger partial charge is 0.350 e. The van der Waals surface area contributed by atoms with Gasteiger partial charge >= 0.3 is 6.03 Å². The second-order valence-electron chi connectivity index (χ2n) is 3.13. The lowest BCUT2D eigenvalue weighted by Crippen LogP contribution is -2.28. The highest BCUT2D eigenvalue weighted by Crippen LogP contribution is 2.08. The number of carbonyl (C=O) groups excluding carboxylic acids is 1. The van der Waals surface area contributed by atoms with Gasteiger partial charge in [0.25, 0.3) is 0 Å². The maximum absolute atomic E-state index is 12.6. The van der Waals surface area contributed by atoms with Crippen molar-refractivity contribution in [3.63, 3.8) is 0 Å². The second-order valence-corrected chi connectivity index (χ2v) is 3.54. The molecule has 1 aromatic carbocycles. The molecule has 0 aliphatic heterocycles. The summed E-state index contributed by atoms with van der Waals surface area (Å²) in [4.78, 5) is 10.7. The molecular formula is C10H11FN4OS.